The topological polar surface area (TPSA) is 0 Å². The van der Waals surface area contributed by atoms with Gasteiger partial charge in [0.25, 0.3) is 0 Å². The summed E-state index contributed by atoms with van der Waals surface area (Å²) in [5, 5.41) is 0.525. The summed E-state index contributed by atoms with van der Waals surface area (Å²) in [6.45, 7) is 2.11. The van der Waals surface area contributed by atoms with Crippen LogP contribution in [0.15, 0.2) is 30.3 Å². The van der Waals surface area contributed by atoms with E-state index in [2.05, 4.69) is 13.0 Å². The molecule has 1 aromatic carbocycles. The second kappa shape index (κ2) is 4.17. The number of hydrogen-bond donors (Lipinski definition) is 0. The number of thioether (sulfide) groups is 1. The third-order valence-electron chi connectivity index (χ3n) is 2.46. The summed E-state index contributed by atoms with van der Waals surface area (Å²) in [6, 6.07) is 5.36. The zero-order valence-electron chi connectivity index (χ0n) is 8.71. The molecule has 86 valence electrons. The summed E-state index contributed by atoms with van der Waals surface area (Å²) in [5.74, 6) is 0. The number of hydrogen-bond acceptors (Lipinski definition) is 1. The Balaban J connectivity index is 2.20. The average Bonchev–Trinajstić information content (AvgIpc) is 2.64. The number of rotatable bonds is 1. The first kappa shape index (κ1) is 11.6. The maximum Gasteiger partial charge on any atom is 0.416 e. The molecule has 0 N–H and O–H groups in total. The summed E-state index contributed by atoms with van der Waals surface area (Å²) in [7, 11) is 0. The van der Waals surface area contributed by atoms with Crippen molar-refractivity contribution >= 4 is 16.7 Å². The molecule has 0 saturated carbocycles. The Hall–Kier alpha value is -0.900. The molecule has 0 aromatic heterocycles. The Morgan fingerprint density at radius 3 is 2.25 bits per heavy atom. The lowest BCUT2D eigenvalue weighted by molar-refractivity contribution is -0.137. The Morgan fingerprint density at radius 1 is 1.19 bits per heavy atom. The highest BCUT2D eigenvalue weighted by Gasteiger charge is 2.30. The lowest BCUT2D eigenvalue weighted by atomic mass is 10.1. The van der Waals surface area contributed by atoms with Gasteiger partial charge in [-0.1, -0.05) is 25.1 Å². The highest BCUT2D eigenvalue weighted by atomic mass is 32.2. The van der Waals surface area contributed by atoms with Crippen LogP contribution in [0, 0.1) is 0 Å². The van der Waals surface area contributed by atoms with E-state index in [0.29, 0.717) is 5.25 Å². The maximum atomic E-state index is 12.3. The smallest absolute Gasteiger partial charge is 0.166 e. The van der Waals surface area contributed by atoms with E-state index < -0.39 is 11.7 Å². The van der Waals surface area contributed by atoms with E-state index in [0.717, 1.165) is 29.0 Å². The number of benzene rings is 1. The van der Waals surface area contributed by atoms with Crippen molar-refractivity contribution < 1.29 is 13.2 Å². The molecule has 1 aliphatic rings. The van der Waals surface area contributed by atoms with Gasteiger partial charge in [-0.2, -0.15) is 13.2 Å². The van der Waals surface area contributed by atoms with Gasteiger partial charge in [0.15, 0.2) is 0 Å². The van der Waals surface area contributed by atoms with Crippen LogP contribution in [0.25, 0.3) is 4.91 Å². The molecular weight excluding hydrogens is 233 g/mol. The van der Waals surface area contributed by atoms with Crippen LogP contribution in [-0.2, 0) is 6.18 Å². The van der Waals surface area contributed by atoms with Crippen molar-refractivity contribution in [3.8, 4) is 0 Å². The van der Waals surface area contributed by atoms with Gasteiger partial charge in [0, 0.05) is 10.2 Å². The highest BCUT2D eigenvalue weighted by molar-refractivity contribution is 8.09. The minimum Gasteiger partial charge on any atom is -0.166 e. The Bertz CT molecular complexity index is 403. The SMILES string of the molecule is CC1CC=C(c2ccc(C(F)(F)F)cc2)S1. The molecule has 0 aliphatic carbocycles. The number of allylic oxidation sites excluding steroid dienone is 1. The van der Waals surface area contributed by atoms with Crippen molar-refractivity contribution in [3.63, 3.8) is 0 Å². The van der Waals surface area contributed by atoms with E-state index in [-0.39, 0.29) is 0 Å². The molecule has 0 spiro atoms. The van der Waals surface area contributed by atoms with Crippen LogP contribution in [0.1, 0.15) is 24.5 Å². The normalized spacial score (nSPS) is 21.0. The quantitative estimate of drug-likeness (QED) is 0.697. The van der Waals surface area contributed by atoms with Gasteiger partial charge in [0.05, 0.1) is 5.56 Å². The van der Waals surface area contributed by atoms with Crippen LogP contribution >= 0.6 is 11.8 Å². The zero-order valence-corrected chi connectivity index (χ0v) is 9.53. The fourth-order valence-electron chi connectivity index (χ4n) is 1.60. The monoisotopic (exact) mass is 244 g/mol. The molecule has 0 amide bonds. The second-order valence-corrected chi connectivity index (χ2v) is 5.29. The largest absolute Gasteiger partial charge is 0.416 e. The van der Waals surface area contributed by atoms with E-state index >= 15 is 0 Å². The predicted octanol–water partition coefficient (Wildman–Crippen LogP) is 4.57. The molecule has 16 heavy (non-hydrogen) atoms. The molecule has 1 heterocycles. The standard InChI is InChI=1S/C12H11F3S/c1-8-2-7-11(16-8)9-3-5-10(6-4-9)12(13,14)15/h3-8H,2H2,1H3. The minimum atomic E-state index is -4.25. The summed E-state index contributed by atoms with van der Waals surface area (Å²) in [5.41, 5.74) is 0.287. The van der Waals surface area contributed by atoms with Gasteiger partial charge >= 0.3 is 6.18 Å². The molecular formula is C12H11F3S. The van der Waals surface area contributed by atoms with Gasteiger partial charge in [-0.15, -0.1) is 11.8 Å². The number of halogens is 3. The molecule has 1 unspecified atom stereocenters. The lowest BCUT2D eigenvalue weighted by Crippen LogP contribution is -2.04. The molecule has 0 fully saturated rings. The predicted molar refractivity (Wildman–Crippen MR) is 61.1 cm³/mol. The van der Waals surface area contributed by atoms with Crippen molar-refractivity contribution in [1.82, 2.24) is 0 Å². The van der Waals surface area contributed by atoms with E-state index in [9.17, 15) is 13.2 Å². The zero-order chi connectivity index (χ0) is 11.8. The first-order chi connectivity index (χ1) is 7.47. The molecule has 1 aromatic rings. The van der Waals surface area contributed by atoms with E-state index in [1.807, 2.05) is 0 Å². The first-order valence-electron chi connectivity index (χ1n) is 5.01. The van der Waals surface area contributed by atoms with Crippen molar-refractivity contribution in [2.75, 3.05) is 0 Å². The summed E-state index contributed by atoms with van der Waals surface area (Å²) >= 11 is 1.71. The van der Waals surface area contributed by atoms with Crippen LogP contribution < -0.4 is 0 Å². The van der Waals surface area contributed by atoms with Crippen LogP contribution in [0.3, 0.4) is 0 Å². The summed E-state index contributed by atoms with van der Waals surface area (Å²) < 4.78 is 37.0. The van der Waals surface area contributed by atoms with Crippen molar-refractivity contribution in [1.29, 1.82) is 0 Å². The third-order valence-corrected chi connectivity index (χ3v) is 3.71. The summed E-state index contributed by atoms with van der Waals surface area (Å²) in [4.78, 5) is 1.08. The van der Waals surface area contributed by atoms with Crippen LogP contribution in [0.5, 0.6) is 0 Å². The molecule has 1 aliphatic heterocycles. The molecule has 0 radical (unpaired) electrons. The van der Waals surface area contributed by atoms with Crippen molar-refractivity contribution in [2.45, 2.75) is 24.8 Å². The van der Waals surface area contributed by atoms with Gasteiger partial charge in [0.2, 0.25) is 0 Å². The van der Waals surface area contributed by atoms with Gasteiger partial charge in [-0.25, -0.2) is 0 Å². The van der Waals surface area contributed by atoms with Crippen molar-refractivity contribution in [2.24, 2.45) is 0 Å². The molecule has 0 nitrogen and oxygen atoms in total. The van der Waals surface area contributed by atoms with Gasteiger partial charge in [-0.05, 0) is 24.1 Å². The average molecular weight is 244 g/mol. The Kier molecular flexibility index (Phi) is 3.02. The van der Waals surface area contributed by atoms with Crippen LogP contribution in [-0.4, -0.2) is 5.25 Å². The van der Waals surface area contributed by atoms with E-state index in [1.54, 1.807) is 23.9 Å². The minimum absolute atomic E-state index is 0.525. The van der Waals surface area contributed by atoms with Gasteiger partial charge in [0.1, 0.15) is 0 Å². The van der Waals surface area contributed by atoms with Crippen LogP contribution in [0.4, 0.5) is 13.2 Å². The molecule has 1 atom stereocenters. The molecule has 0 bridgehead atoms. The maximum absolute atomic E-state index is 12.3. The molecule has 4 heteroatoms. The number of alkyl halides is 3. The third kappa shape index (κ3) is 2.43. The first-order valence-corrected chi connectivity index (χ1v) is 5.89. The van der Waals surface area contributed by atoms with Crippen molar-refractivity contribution in [3.05, 3.63) is 41.5 Å². The Labute approximate surface area is 96.5 Å². The second-order valence-electron chi connectivity index (χ2n) is 3.81. The summed E-state index contributed by atoms with van der Waals surface area (Å²) in [6.07, 6.45) is -1.18. The Morgan fingerprint density at radius 2 is 1.81 bits per heavy atom. The van der Waals surface area contributed by atoms with Gasteiger partial charge < -0.3 is 0 Å². The van der Waals surface area contributed by atoms with E-state index in [4.69, 9.17) is 0 Å². The fourth-order valence-corrected chi connectivity index (χ4v) is 2.69. The van der Waals surface area contributed by atoms with Gasteiger partial charge in [-0.3, -0.25) is 0 Å². The van der Waals surface area contributed by atoms with E-state index in [1.165, 1.54) is 0 Å². The lowest BCUT2D eigenvalue weighted by Gasteiger charge is -2.08. The fraction of sp³-hybridized carbons (Fsp3) is 0.333. The molecule has 2 rings (SSSR count). The highest BCUT2D eigenvalue weighted by Crippen LogP contribution is 2.39. The molecule has 0 saturated heterocycles. The van der Waals surface area contributed by atoms with Crippen LogP contribution in [0.2, 0.25) is 0 Å².